The number of hydrogen-bond donors (Lipinski definition) is 2. The molecule has 0 radical (unpaired) electrons. The van der Waals surface area contributed by atoms with E-state index in [1.165, 1.54) is 11.3 Å². The molecular weight excluding hydrogens is 376 g/mol. The molecule has 1 atom stereocenters. The zero-order chi connectivity index (χ0) is 21.8. The van der Waals surface area contributed by atoms with Crippen molar-refractivity contribution in [3.8, 4) is 0 Å². The fourth-order valence-electron chi connectivity index (χ4n) is 4.06. The summed E-state index contributed by atoms with van der Waals surface area (Å²) >= 11 is 0. The summed E-state index contributed by atoms with van der Waals surface area (Å²) in [6.07, 6.45) is 2.22. The van der Waals surface area contributed by atoms with Crippen molar-refractivity contribution in [2.45, 2.75) is 32.7 Å². The molecule has 0 fully saturated rings. The summed E-state index contributed by atoms with van der Waals surface area (Å²) in [7, 11) is 6.09. The molecule has 1 aliphatic rings. The molecule has 0 aromatic heterocycles. The van der Waals surface area contributed by atoms with Gasteiger partial charge in [-0.25, -0.2) is 0 Å². The van der Waals surface area contributed by atoms with Gasteiger partial charge in [0.1, 0.15) is 0 Å². The van der Waals surface area contributed by atoms with Crippen LogP contribution in [0.2, 0.25) is 0 Å². The molecule has 0 unspecified atom stereocenters. The zero-order valence-electron chi connectivity index (χ0n) is 18.6. The lowest BCUT2D eigenvalue weighted by Gasteiger charge is -2.30. The second-order valence-corrected chi connectivity index (χ2v) is 8.32. The normalized spacial score (nSPS) is 14.3. The number of fused-ring (bicyclic) bond motifs is 1. The SMILES string of the molecule is Cc1cccc(C)c1NC(=O)C(=O)NC[C@@H](c1ccc2c(c1)CCCN2C)N(C)C. The number of nitrogens with zero attached hydrogens (tertiary/aromatic N) is 2. The van der Waals surface area contributed by atoms with Gasteiger partial charge in [0, 0.05) is 31.5 Å². The van der Waals surface area contributed by atoms with E-state index in [0.717, 1.165) is 36.1 Å². The van der Waals surface area contributed by atoms with E-state index < -0.39 is 11.8 Å². The zero-order valence-corrected chi connectivity index (χ0v) is 18.6. The molecule has 0 saturated carbocycles. The molecule has 3 rings (SSSR count). The topological polar surface area (TPSA) is 64.7 Å². The quantitative estimate of drug-likeness (QED) is 0.747. The number of carbonyl (C=O) groups excluding carboxylic acids is 2. The third kappa shape index (κ3) is 4.82. The van der Waals surface area contributed by atoms with Crippen molar-refractivity contribution in [2.75, 3.05) is 44.4 Å². The number of anilines is 2. The summed E-state index contributed by atoms with van der Waals surface area (Å²) < 4.78 is 0. The van der Waals surface area contributed by atoms with Gasteiger partial charge in [-0.3, -0.25) is 9.59 Å². The van der Waals surface area contributed by atoms with Crippen molar-refractivity contribution >= 4 is 23.2 Å². The van der Waals surface area contributed by atoms with Gasteiger partial charge in [-0.2, -0.15) is 0 Å². The molecule has 30 heavy (non-hydrogen) atoms. The first-order chi connectivity index (χ1) is 14.3. The van der Waals surface area contributed by atoms with Crippen molar-refractivity contribution < 1.29 is 9.59 Å². The standard InChI is InChI=1S/C24H32N4O2/c1-16-8-6-9-17(2)22(16)26-24(30)23(29)25-15-21(27(3)4)19-11-12-20-18(14-19)10-7-13-28(20)5/h6,8-9,11-12,14,21H,7,10,13,15H2,1-5H3,(H,25,29)(H,26,30)/t21-/m0/s1. The van der Waals surface area contributed by atoms with Gasteiger partial charge in [0.15, 0.2) is 0 Å². The van der Waals surface area contributed by atoms with Gasteiger partial charge in [0.05, 0.1) is 6.04 Å². The Bertz CT molecular complexity index is 919. The van der Waals surface area contributed by atoms with Gasteiger partial charge < -0.3 is 20.4 Å². The minimum absolute atomic E-state index is 0.0144. The van der Waals surface area contributed by atoms with Crippen LogP contribution in [0.4, 0.5) is 11.4 Å². The Morgan fingerprint density at radius 2 is 1.80 bits per heavy atom. The van der Waals surface area contributed by atoms with Crippen LogP contribution >= 0.6 is 0 Å². The van der Waals surface area contributed by atoms with Crippen LogP contribution < -0.4 is 15.5 Å². The number of carbonyl (C=O) groups is 2. The molecule has 0 spiro atoms. The molecule has 0 aliphatic carbocycles. The van der Waals surface area contributed by atoms with Gasteiger partial charge in [0.25, 0.3) is 0 Å². The second kappa shape index (κ2) is 9.30. The second-order valence-electron chi connectivity index (χ2n) is 8.32. The predicted octanol–water partition coefficient (Wildman–Crippen LogP) is 3.04. The number of aryl methyl sites for hydroxylation is 3. The van der Waals surface area contributed by atoms with Crippen LogP contribution in [-0.2, 0) is 16.0 Å². The first kappa shape index (κ1) is 21.8. The van der Waals surface area contributed by atoms with E-state index in [1.807, 2.05) is 46.1 Å². The summed E-state index contributed by atoms with van der Waals surface area (Å²) in [5, 5.41) is 5.55. The number of nitrogens with one attached hydrogen (secondary N) is 2. The van der Waals surface area contributed by atoms with Crippen LogP contribution in [0, 0.1) is 13.8 Å². The van der Waals surface area contributed by atoms with Crippen LogP contribution in [-0.4, -0.2) is 50.9 Å². The molecule has 2 aromatic rings. The fourth-order valence-corrected chi connectivity index (χ4v) is 4.06. The fraction of sp³-hybridized carbons (Fsp3) is 0.417. The molecule has 6 nitrogen and oxygen atoms in total. The lowest BCUT2D eigenvalue weighted by atomic mass is 9.96. The Hall–Kier alpha value is -2.86. The molecule has 1 aliphatic heterocycles. The first-order valence-corrected chi connectivity index (χ1v) is 10.4. The third-order valence-corrected chi connectivity index (χ3v) is 5.84. The highest BCUT2D eigenvalue weighted by atomic mass is 16.2. The van der Waals surface area contributed by atoms with E-state index in [0.29, 0.717) is 12.2 Å². The number of hydrogen-bond acceptors (Lipinski definition) is 4. The third-order valence-electron chi connectivity index (χ3n) is 5.84. The highest BCUT2D eigenvalue weighted by Gasteiger charge is 2.22. The van der Waals surface area contributed by atoms with E-state index in [2.05, 4.69) is 45.7 Å². The van der Waals surface area contributed by atoms with E-state index in [1.54, 1.807) is 0 Å². The molecule has 2 aromatic carbocycles. The van der Waals surface area contributed by atoms with E-state index in [9.17, 15) is 9.59 Å². The lowest BCUT2D eigenvalue weighted by Crippen LogP contribution is -2.40. The van der Waals surface area contributed by atoms with Gasteiger partial charge in [-0.05, 0) is 69.1 Å². The highest BCUT2D eigenvalue weighted by molar-refractivity contribution is 6.39. The van der Waals surface area contributed by atoms with Crippen LogP contribution in [0.25, 0.3) is 0 Å². The average molecular weight is 409 g/mol. The summed E-state index contributed by atoms with van der Waals surface area (Å²) in [5.41, 5.74) is 6.32. The first-order valence-electron chi connectivity index (χ1n) is 10.4. The minimum atomic E-state index is -0.642. The maximum atomic E-state index is 12.5. The van der Waals surface area contributed by atoms with Crippen LogP contribution in [0.15, 0.2) is 36.4 Å². The smallest absolute Gasteiger partial charge is 0.313 e. The van der Waals surface area contributed by atoms with E-state index in [4.69, 9.17) is 0 Å². The van der Waals surface area contributed by atoms with Crippen molar-refractivity contribution in [1.82, 2.24) is 10.2 Å². The van der Waals surface area contributed by atoms with Crippen molar-refractivity contribution in [3.63, 3.8) is 0 Å². The Balaban J connectivity index is 1.67. The minimum Gasteiger partial charge on any atom is -0.374 e. The molecule has 1 heterocycles. The van der Waals surface area contributed by atoms with E-state index >= 15 is 0 Å². The summed E-state index contributed by atoms with van der Waals surface area (Å²) in [6, 6.07) is 12.3. The maximum Gasteiger partial charge on any atom is 0.313 e. The van der Waals surface area contributed by atoms with Crippen LogP contribution in [0.1, 0.15) is 34.7 Å². The van der Waals surface area contributed by atoms with Gasteiger partial charge >= 0.3 is 11.8 Å². The molecule has 160 valence electrons. The van der Waals surface area contributed by atoms with Crippen LogP contribution in [0.3, 0.4) is 0 Å². The molecular formula is C24H32N4O2. The monoisotopic (exact) mass is 408 g/mol. The number of amides is 2. The summed E-state index contributed by atoms with van der Waals surface area (Å²) in [6.45, 7) is 5.27. The van der Waals surface area contributed by atoms with Crippen molar-refractivity contribution in [3.05, 3.63) is 58.7 Å². The average Bonchev–Trinajstić information content (AvgIpc) is 2.70. The Morgan fingerprint density at radius 3 is 2.47 bits per heavy atom. The van der Waals surface area contributed by atoms with Gasteiger partial charge in [-0.15, -0.1) is 0 Å². The van der Waals surface area contributed by atoms with Gasteiger partial charge in [0.2, 0.25) is 0 Å². The Kier molecular flexibility index (Phi) is 6.77. The largest absolute Gasteiger partial charge is 0.374 e. The molecule has 2 N–H and O–H groups in total. The van der Waals surface area contributed by atoms with Crippen LogP contribution in [0.5, 0.6) is 0 Å². The maximum absolute atomic E-state index is 12.5. The number of rotatable bonds is 5. The Labute approximate surface area is 179 Å². The number of likely N-dealkylation sites (N-methyl/N-ethyl adjacent to an activating group) is 1. The number of benzene rings is 2. The Morgan fingerprint density at radius 1 is 1.10 bits per heavy atom. The lowest BCUT2D eigenvalue weighted by molar-refractivity contribution is -0.136. The molecule has 0 saturated heterocycles. The molecule has 0 bridgehead atoms. The summed E-state index contributed by atoms with van der Waals surface area (Å²) in [4.78, 5) is 29.2. The van der Waals surface area contributed by atoms with Crippen molar-refractivity contribution in [2.24, 2.45) is 0 Å². The molecule has 2 amide bonds. The van der Waals surface area contributed by atoms with Crippen molar-refractivity contribution in [1.29, 1.82) is 0 Å². The summed E-state index contributed by atoms with van der Waals surface area (Å²) in [5.74, 6) is -1.26. The highest BCUT2D eigenvalue weighted by Crippen LogP contribution is 2.30. The van der Waals surface area contributed by atoms with E-state index in [-0.39, 0.29) is 6.04 Å². The van der Waals surface area contributed by atoms with Gasteiger partial charge in [-0.1, -0.05) is 30.3 Å². The molecule has 6 heteroatoms. The number of para-hydroxylation sites is 1. The predicted molar refractivity (Wildman–Crippen MR) is 122 cm³/mol.